The van der Waals surface area contributed by atoms with Gasteiger partial charge in [0.2, 0.25) is 0 Å². The SMILES string of the molecule is CC[C@H](C)c1ccc(OCCCN2CCC[C@H](C)C2)cc1. The van der Waals surface area contributed by atoms with Gasteiger partial charge in [-0.1, -0.05) is 32.9 Å². The van der Waals surface area contributed by atoms with Crippen molar-refractivity contribution in [3.8, 4) is 5.75 Å². The molecule has 1 aromatic rings. The largest absolute Gasteiger partial charge is 0.494 e. The van der Waals surface area contributed by atoms with E-state index in [9.17, 15) is 0 Å². The summed E-state index contributed by atoms with van der Waals surface area (Å²) in [6.45, 7) is 11.4. The first-order chi connectivity index (χ1) is 10.2. The van der Waals surface area contributed by atoms with Crippen LogP contribution in [0, 0.1) is 5.92 Å². The second kappa shape index (κ2) is 8.43. The minimum absolute atomic E-state index is 0.639. The molecule has 1 aromatic carbocycles. The number of hydrogen-bond donors (Lipinski definition) is 0. The molecule has 2 heteroatoms. The number of benzene rings is 1. The van der Waals surface area contributed by atoms with E-state index >= 15 is 0 Å². The summed E-state index contributed by atoms with van der Waals surface area (Å²) in [5.74, 6) is 2.52. The first-order valence-electron chi connectivity index (χ1n) is 8.64. The molecule has 0 amide bonds. The Morgan fingerprint density at radius 2 is 2.05 bits per heavy atom. The van der Waals surface area contributed by atoms with Crippen LogP contribution in [0.2, 0.25) is 0 Å². The minimum Gasteiger partial charge on any atom is -0.494 e. The third-order valence-electron chi connectivity index (χ3n) is 4.69. The minimum atomic E-state index is 0.639. The molecule has 0 saturated carbocycles. The molecule has 118 valence electrons. The third kappa shape index (κ3) is 5.35. The van der Waals surface area contributed by atoms with Crippen LogP contribution in [-0.4, -0.2) is 31.1 Å². The Labute approximate surface area is 130 Å². The smallest absolute Gasteiger partial charge is 0.119 e. The van der Waals surface area contributed by atoms with Crippen LogP contribution in [0.15, 0.2) is 24.3 Å². The second-order valence-corrected chi connectivity index (χ2v) is 6.63. The Hall–Kier alpha value is -1.02. The van der Waals surface area contributed by atoms with Crippen molar-refractivity contribution in [1.29, 1.82) is 0 Å². The van der Waals surface area contributed by atoms with Gasteiger partial charge < -0.3 is 9.64 Å². The molecule has 1 saturated heterocycles. The quantitative estimate of drug-likeness (QED) is 0.675. The molecule has 1 fully saturated rings. The summed E-state index contributed by atoms with van der Waals surface area (Å²) in [6.07, 6.45) is 5.07. The van der Waals surface area contributed by atoms with E-state index in [1.54, 1.807) is 0 Å². The van der Waals surface area contributed by atoms with E-state index in [2.05, 4.69) is 49.9 Å². The molecular formula is C19H31NO. The van der Waals surface area contributed by atoms with Crippen molar-refractivity contribution in [3.63, 3.8) is 0 Å². The Bertz CT molecular complexity index is 401. The molecule has 21 heavy (non-hydrogen) atoms. The fourth-order valence-electron chi connectivity index (χ4n) is 3.10. The molecule has 2 rings (SSSR count). The molecule has 1 aliphatic rings. The topological polar surface area (TPSA) is 12.5 Å². The lowest BCUT2D eigenvalue weighted by Crippen LogP contribution is -2.35. The monoisotopic (exact) mass is 289 g/mol. The van der Waals surface area contributed by atoms with E-state index in [0.717, 1.165) is 24.7 Å². The van der Waals surface area contributed by atoms with Crippen molar-refractivity contribution in [1.82, 2.24) is 4.90 Å². The van der Waals surface area contributed by atoms with E-state index in [1.165, 1.54) is 44.5 Å². The van der Waals surface area contributed by atoms with E-state index in [1.807, 2.05) is 0 Å². The van der Waals surface area contributed by atoms with Crippen LogP contribution < -0.4 is 4.74 Å². The molecule has 2 atom stereocenters. The van der Waals surface area contributed by atoms with Gasteiger partial charge in [-0.2, -0.15) is 0 Å². The van der Waals surface area contributed by atoms with Crippen LogP contribution in [0.1, 0.15) is 57.9 Å². The van der Waals surface area contributed by atoms with Crippen LogP contribution in [0.5, 0.6) is 5.75 Å². The van der Waals surface area contributed by atoms with E-state index in [4.69, 9.17) is 4.74 Å². The van der Waals surface area contributed by atoms with Crippen LogP contribution in [0.4, 0.5) is 0 Å². The van der Waals surface area contributed by atoms with Crippen molar-refractivity contribution in [2.45, 2.75) is 52.4 Å². The summed E-state index contributed by atoms with van der Waals surface area (Å²) >= 11 is 0. The average Bonchev–Trinajstić information content (AvgIpc) is 2.51. The van der Waals surface area contributed by atoms with Crippen molar-refractivity contribution in [2.75, 3.05) is 26.2 Å². The average molecular weight is 289 g/mol. The molecule has 0 bridgehead atoms. The summed E-state index contributed by atoms with van der Waals surface area (Å²) in [5.41, 5.74) is 1.41. The van der Waals surface area contributed by atoms with Gasteiger partial charge in [0.25, 0.3) is 0 Å². The summed E-state index contributed by atoms with van der Waals surface area (Å²) in [7, 11) is 0. The molecule has 1 heterocycles. The van der Waals surface area contributed by atoms with Gasteiger partial charge in [0.1, 0.15) is 5.75 Å². The molecular weight excluding hydrogens is 258 g/mol. The van der Waals surface area contributed by atoms with Crippen molar-refractivity contribution in [3.05, 3.63) is 29.8 Å². The fraction of sp³-hybridized carbons (Fsp3) is 0.684. The van der Waals surface area contributed by atoms with Gasteiger partial charge in [0, 0.05) is 13.1 Å². The lowest BCUT2D eigenvalue weighted by atomic mass is 9.99. The summed E-state index contributed by atoms with van der Waals surface area (Å²) in [5, 5.41) is 0. The first kappa shape index (κ1) is 16.4. The second-order valence-electron chi connectivity index (χ2n) is 6.63. The molecule has 0 spiro atoms. The molecule has 0 aliphatic carbocycles. The Morgan fingerprint density at radius 3 is 2.71 bits per heavy atom. The maximum atomic E-state index is 5.87. The van der Waals surface area contributed by atoms with Crippen molar-refractivity contribution in [2.24, 2.45) is 5.92 Å². The lowest BCUT2D eigenvalue weighted by molar-refractivity contribution is 0.170. The summed E-state index contributed by atoms with van der Waals surface area (Å²) in [4.78, 5) is 2.59. The van der Waals surface area contributed by atoms with Gasteiger partial charge in [-0.3, -0.25) is 0 Å². The summed E-state index contributed by atoms with van der Waals surface area (Å²) in [6, 6.07) is 8.64. The van der Waals surface area contributed by atoms with Gasteiger partial charge in [0.05, 0.1) is 6.61 Å². The van der Waals surface area contributed by atoms with Crippen LogP contribution >= 0.6 is 0 Å². The molecule has 0 unspecified atom stereocenters. The third-order valence-corrected chi connectivity index (χ3v) is 4.69. The fourth-order valence-corrected chi connectivity index (χ4v) is 3.10. The summed E-state index contributed by atoms with van der Waals surface area (Å²) < 4.78 is 5.87. The Kier molecular flexibility index (Phi) is 6.56. The zero-order valence-electron chi connectivity index (χ0n) is 14.0. The highest BCUT2D eigenvalue weighted by molar-refractivity contribution is 5.29. The standard InChI is InChI=1S/C19H31NO/c1-4-17(3)18-8-10-19(11-9-18)21-14-6-13-20-12-5-7-16(2)15-20/h8-11,16-17H,4-7,12-15H2,1-3H3/t16-,17-/m0/s1. The van der Waals surface area contributed by atoms with Gasteiger partial charge in [-0.15, -0.1) is 0 Å². The number of hydrogen-bond acceptors (Lipinski definition) is 2. The number of nitrogens with zero attached hydrogens (tertiary/aromatic N) is 1. The predicted molar refractivity (Wildman–Crippen MR) is 90.1 cm³/mol. The van der Waals surface area contributed by atoms with Crippen LogP contribution in [0.25, 0.3) is 0 Å². The number of piperidine rings is 1. The maximum Gasteiger partial charge on any atom is 0.119 e. The molecule has 2 nitrogen and oxygen atoms in total. The van der Waals surface area contributed by atoms with E-state index in [-0.39, 0.29) is 0 Å². The molecule has 0 N–H and O–H groups in total. The number of rotatable bonds is 7. The van der Waals surface area contributed by atoms with E-state index in [0.29, 0.717) is 5.92 Å². The van der Waals surface area contributed by atoms with E-state index < -0.39 is 0 Å². The zero-order chi connectivity index (χ0) is 15.1. The molecule has 0 radical (unpaired) electrons. The van der Waals surface area contributed by atoms with Crippen LogP contribution in [-0.2, 0) is 0 Å². The van der Waals surface area contributed by atoms with Gasteiger partial charge in [-0.05, 0) is 61.8 Å². The van der Waals surface area contributed by atoms with Gasteiger partial charge >= 0.3 is 0 Å². The predicted octanol–water partition coefficient (Wildman–Crippen LogP) is 4.70. The van der Waals surface area contributed by atoms with Gasteiger partial charge in [-0.25, -0.2) is 0 Å². The highest BCUT2D eigenvalue weighted by atomic mass is 16.5. The van der Waals surface area contributed by atoms with Gasteiger partial charge in [0.15, 0.2) is 0 Å². The normalized spacial score (nSPS) is 21.2. The maximum absolute atomic E-state index is 5.87. The Balaban J connectivity index is 1.66. The highest BCUT2D eigenvalue weighted by Gasteiger charge is 2.15. The van der Waals surface area contributed by atoms with Crippen molar-refractivity contribution >= 4 is 0 Å². The number of ether oxygens (including phenoxy) is 1. The highest BCUT2D eigenvalue weighted by Crippen LogP contribution is 2.21. The zero-order valence-corrected chi connectivity index (χ0v) is 14.0. The first-order valence-corrected chi connectivity index (χ1v) is 8.64. The lowest BCUT2D eigenvalue weighted by Gasteiger charge is -2.30. The number of likely N-dealkylation sites (tertiary alicyclic amines) is 1. The van der Waals surface area contributed by atoms with Crippen LogP contribution in [0.3, 0.4) is 0 Å². The molecule has 1 aliphatic heterocycles. The van der Waals surface area contributed by atoms with Crippen molar-refractivity contribution < 1.29 is 4.74 Å². The molecule has 0 aromatic heterocycles. The Morgan fingerprint density at radius 1 is 1.29 bits per heavy atom.